The Hall–Kier alpha value is -1.26. The van der Waals surface area contributed by atoms with Gasteiger partial charge >= 0.3 is 0 Å². The summed E-state index contributed by atoms with van der Waals surface area (Å²) in [6.07, 6.45) is 2.86. The molecule has 0 aliphatic heterocycles. The third-order valence-electron chi connectivity index (χ3n) is 1.74. The van der Waals surface area contributed by atoms with E-state index >= 15 is 0 Å². The molecule has 0 radical (unpaired) electrons. The number of rotatable bonds is 4. The summed E-state index contributed by atoms with van der Waals surface area (Å²) in [4.78, 5) is 14.4. The summed E-state index contributed by atoms with van der Waals surface area (Å²) in [5.41, 5.74) is 12.7. The van der Waals surface area contributed by atoms with E-state index in [1.807, 2.05) is 26.0 Å². The Morgan fingerprint density at radius 2 is 2.20 bits per heavy atom. The van der Waals surface area contributed by atoms with Crippen LogP contribution in [-0.4, -0.2) is 17.3 Å². The molecule has 0 aromatic carbocycles. The second-order valence-corrected chi connectivity index (χ2v) is 2.86. The first kappa shape index (κ1) is 13.7. The number of hydrogen-bond donors (Lipinski definition) is 2. The van der Waals surface area contributed by atoms with Gasteiger partial charge in [0, 0.05) is 24.9 Å². The first-order valence-electron chi connectivity index (χ1n) is 5.11. The molecule has 1 aromatic heterocycles. The molecule has 0 fully saturated rings. The highest BCUT2D eigenvalue weighted by atomic mass is 16.1. The predicted octanol–water partition coefficient (Wildman–Crippen LogP) is 0.635. The number of carbonyl (C=O) groups excluding carboxylic acids is 1. The van der Waals surface area contributed by atoms with Crippen molar-refractivity contribution in [2.75, 3.05) is 0 Å². The van der Waals surface area contributed by atoms with Crippen LogP contribution < -0.4 is 11.5 Å². The van der Waals surface area contributed by atoms with Gasteiger partial charge in [0.2, 0.25) is 0 Å². The monoisotopic (exact) mass is 209 g/mol. The molecular formula is C11H19N3O. The van der Waals surface area contributed by atoms with Crippen LogP contribution in [0.4, 0.5) is 0 Å². The van der Waals surface area contributed by atoms with Crippen molar-refractivity contribution in [1.29, 1.82) is 0 Å². The molecule has 4 nitrogen and oxygen atoms in total. The fourth-order valence-electron chi connectivity index (χ4n) is 1.06. The van der Waals surface area contributed by atoms with Crippen molar-refractivity contribution in [3.05, 3.63) is 29.6 Å². The fourth-order valence-corrected chi connectivity index (χ4v) is 1.06. The van der Waals surface area contributed by atoms with Gasteiger partial charge in [-0.2, -0.15) is 0 Å². The fraction of sp³-hybridized carbons (Fsp3) is 0.455. The lowest BCUT2D eigenvalue weighted by Crippen LogP contribution is -2.24. The van der Waals surface area contributed by atoms with Crippen LogP contribution in [0.3, 0.4) is 0 Å². The van der Waals surface area contributed by atoms with Crippen molar-refractivity contribution < 1.29 is 4.79 Å². The van der Waals surface area contributed by atoms with Crippen molar-refractivity contribution in [1.82, 2.24) is 4.98 Å². The summed E-state index contributed by atoms with van der Waals surface area (Å²) in [6.45, 7) is 4.48. The summed E-state index contributed by atoms with van der Waals surface area (Å²) in [7, 11) is 0. The Labute approximate surface area is 90.7 Å². The topological polar surface area (TPSA) is 82.0 Å². The molecule has 0 saturated carbocycles. The summed E-state index contributed by atoms with van der Waals surface area (Å²) >= 11 is 0. The minimum Gasteiger partial charge on any atom is -0.326 e. The molecule has 1 unspecified atom stereocenters. The van der Waals surface area contributed by atoms with Crippen LogP contribution in [0.2, 0.25) is 0 Å². The Morgan fingerprint density at radius 3 is 2.73 bits per heavy atom. The maximum atomic E-state index is 10.3. The van der Waals surface area contributed by atoms with Crippen molar-refractivity contribution >= 4 is 6.29 Å². The molecule has 1 heterocycles. The van der Waals surface area contributed by atoms with Crippen LogP contribution in [0.1, 0.15) is 25.1 Å². The molecule has 1 rings (SSSR count). The normalized spacial score (nSPS) is 11.2. The SMILES string of the molecule is CC.NCc1ccnc(CC(N)C=O)c1. The van der Waals surface area contributed by atoms with Gasteiger partial charge in [-0.05, 0) is 17.7 Å². The van der Waals surface area contributed by atoms with Gasteiger partial charge in [0.25, 0.3) is 0 Å². The quantitative estimate of drug-likeness (QED) is 0.713. The third kappa shape index (κ3) is 5.24. The third-order valence-corrected chi connectivity index (χ3v) is 1.74. The van der Waals surface area contributed by atoms with E-state index in [1.165, 1.54) is 0 Å². The number of aromatic nitrogens is 1. The second kappa shape index (κ2) is 8.08. The largest absolute Gasteiger partial charge is 0.326 e. The minimum absolute atomic E-state index is 0.470. The standard InChI is InChI=1S/C9H13N3O.C2H6/c10-5-7-1-2-12-9(3-7)4-8(11)6-13;1-2/h1-3,6,8H,4-5,10-11H2;1-2H3. The molecule has 0 bridgehead atoms. The molecule has 4 N–H and O–H groups in total. The summed E-state index contributed by atoms with van der Waals surface area (Å²) in [5, 5.41) is 0. The first-order valence-corrected chi connectivity index (χ1v) is 5.11. The van der Waals surface area contributed by atoms with Crippen molar-refractivity contribution in [2.45, 2.75) is 32.9 Å². The summed E-state index contributed by atoms with van der Waals surface area (Å²) in [6, 6.07) is 3.24. The van der Waals surface area contributed by atoms with E-state index in [0.717, 1.165) is 17.5 Å². The summed E-state index contributed by atoms with van der Waals surface area (Å²) < 4.78 is 0. The van der Waals surface area contributed by atoms with Crippen molar-refractivity contribution in [3.63, 3.8) is 0 Å². The number of carbonyl (C=O) groups is 1. The summed E-state index contributed by atoms with van der Waals surface area (Å²) in [5.74, 6) is 0. The molecule has 0 aliphatic carbocycles. The van der Waals surface area contributed by atoms with Crippen molar-refractivity contribution in [2.24, 2.45) is 11.5 Å². The van der Waals surface area contributed by atoms with Crippen LogP contribution >= 0.6 is 0 Å². The smallest absolute Gasteiger partial charge is 0.137 e. The van der Waals surface area contributed by atoms with Gasteiger partial charge in [-0.25, -0.2) is 0 Å². The van der Waals surface area contributed by atoms with Gasteiger partial charge in [0.1, 0.15) is 6.29 Å². The van der Waals surface area contributed by atoms with Crippen LogP contribution in [0, 0.1) is 0 Å². The highest BCUT2D eigenvalue weighted by molar-refractivity contribution is 5.57. The number of nitrogens with two attached hydrogens (primary N) is 2. The maximum absolute atomic E-state index is 10.3. The van der Waals surface area contributed by atoms with E-state index in [9.17, 15) is 4.79 Å². The van der Waals surface area contributed by atoms with E-state index in [4.69, 9.17) is 11.5 Å². The van der Waals surface area contributed by atoms with E-state index in [2.05, 4.69) is 4.98 Å². The predicted molar refractivity (Wildman–Crippen MR) is 61.2 cm³/mol. The Morgan fingerprint density at radius 1 is 1.53 bits per heavy atom. The minimum atomic E-state index is -0.472. The average Bonchev–Trinajstić information content (AvgIpc) is 2.31. The van der Waals surface area contributed by atoms with E-state index in [-0.39, 0.29) is 0 Å². The molecule has 0 spiro atoms. The maximum Gasteiger partial charge on any atom is 0.137 e. The molecule has 0 amide bonds. The molecule has 4 heteroatoms. The number of aldehydes is 1. The van der Waals surface area contributed by atoms with Gasteiger partial charge in [0.15, 0.2) is 0 Å². The van der Waals surface area contributed by atoms with Crippen LogP contribution in [0.5, 0.6) is 0 Å². The molecular weight excluding hydrogens is 190 g/mol. The van der Waals surface area contributed by atoms with Gasteiger partial charge in [0.05, 0.1) is 6.04 Å². The molecule has 0 aliphatic rings. The van der Waals surface area contributed by atoms with Gasteiger partial charge in [-0.1, -0.05) is 13.8 Å². The van der Waals surface area contributed by atoms with Crippen LogP contribution in [0.25, 0.3) is 0 Å². The second-order valence-electron chi connectivity index (χ2n) is 2.86. The van der Waals surface area contributed by atoms with Gasteiger partial charge in [-0.15, -0.1) is 0 Å². The Balaban J connectivity index is 0.000000921. The highest BCUT2D eigenvalue weighted by Crippen LogP contribution is 2.02. The van der Waals surface area contributed by atoms with Crippen LogP contribution in [-0.2, 0) is 17.8 Å². The highest BCUT2D eigenvalue weighted by Gasteiger charge is 2.03. The zero-order valence-electron chi connectivity index (χ0n) is 9.31. The Bertz CT molecular complexity index is 289. The van der Waals surface area contributed by atoms with E-state index in [1.54, 1.807) is 6.20 Å². The lowest BCUT2D eigenvalue weighted by Gasteiger charge is -2.04. The zero-order chi connectivity index (χ0) is 11.7. The lowest BCUT2D eigenvalue weighted by molar-refractivity contribution is -0.108. The number of hydrogen-bond acceptors (Lipinski definition) is 4. The molecule has 1 aromatic rings. The van der Waals surface area contributed by atoms with Crippen molar-refractivity contribution in [3.8, 4) is 0 Å². The molecule has 15 heavy (non-hydrogen) atoms. The van der Waals surface area contributed by atoms with E-state index in [0.29, 0.717) is 13.0 Å². The van der Waals surface area contributed by atoms with Crippen LogP contribution in [0.15, 0.2) is 18.3 Å². The zero-order valence-corrected chi connectivity index (χ0v) is 9.31. The first-order chi connectivity index (χ1) is 7.26. The average molecular weight is 209 g/mol. The number of nitrogens with zero attached hydrogens (tertiary/aromatic N) is 1. The Kier molecular flexibility index (Phi) is 7.40. The van der Waals surface area contributed by atoms with Gasteiger partial charge < -0.3 is 16.3 Å². The molecule has 1 atom stereocenters. The van der Waals surface area contributed by atoms with Gasteiger partial charge in [-0.3, -0.25) is 4.98 Å². The molecule has 84 valence electrons. The molecule has 0 saturated heterocycles. The number of pyridine rings is 1. The lowest BCUT2D eigenvalue weighted by atomic mass is 10.1. The van der Waals surface area contributed by atoms with E-state index < -0.39 is 6.04 Å².